The second-order valence-electron chi connectivity index (χ2n) is 3.17. The van der Waals surface area contributed by atoms with Crippen molar-refractivity contribution in [3.63, 3.8) is 0 Å². The number of ether oxygens (including phenoxy) is 1. The van der Waals surface area contributed by atoms with E-state index in [4.69, 9.17) is 10.9 Å². The third-order valence-electron chi connectivity index (χ3n) is 1.96. The topological polar surface area (TPSA) is 112 Å². The Balaban J connectivity index is 3.05. The van der Waals surface area contributed by atoms with Crippen LogP contribution in [0.25, 0.3) is 0 Å². The van der Waals surface area contributed by atoms with Gasteiger partial charge in [-0.2, -0.15) is 0 Å². The fourth-order valence-electron chi connectivity index (χ4n) is 1.21. The van der Waals surface area contributed by atoms with Gasteiger partial charge in [0, 0.05) is 0 Å². The van der Waals surface area contributed by atoms with Crippen LogP contribution < -0.4 is 10.9 Å². The average molecular weight is 244 g/mol. The number of hydrogen-bond donors (Lipinski definition) is 2. The van der Waals surface area contributed by atoms with Gasteiger partial charge in [0.25, 0.3) is 0 Å². The molecule has 88 valence electrons. The van der Waals surface area contributed by atoms with Crippen molar-refractivity contribution < 1.29 is 17.9 Å². The summed E-state index contributed by atoms with van der Waals surface area (Å²) >= 11 is 0. The number of esters is 1. The van der Waals surface area contributed by atoms with Gasteiger partial charge in [0.15, 0.2) is 0 Å². The van der Waals surface area contributed by atoms with E-state index in [1.807, 2.05) is 0 Å². The Labute approximate surface area is 93.2 Å². The zero-order valence-corrected chi connectivity index (χ0v) is 9.45. The van der Waals surface area contributed by atoms with E-state index >= 15 is 0 Å². The lowest BCUT2D eigenvalue weighted by atomic mass is 10.1. The number of carbonyl (C=O) groups excluding carboxylic acids is 1. The number of primary sulfonamides is 1. The highest BCUT2D eigenvalue weighted by atomic mass is 32.2. The normalized spacial score (nSPS) is 11.1. The van der Waals surface area contributed by atoms with Crippen molar-refractivity contribution in [3.05, 3.63) is 23.8 Å². The molecule has 0 aliphatic heterocycles. The number of rotatable bonds is 3. The first-order chi connectivity index (χ1) is 7.34. The summed E-state index contributed by atoms with van der Waals surface area (Å²) in [6, 6.07) is 4.12. The first-order valence-electron chi connectivity index (χ1n) is 4.32. The summed E-state index contributed by atoms with van der Waals surface area (Å²) in [6.45, 7) is 0. The minimum atomic E-state index is -3.83. The fourth-order valence-corrected chi connectivity index (χ4v) is 1.85. The molecule has 0 atom stereocenters. The summed E-state index contributed by atoms with van der Waals surface area (Å²) in [4.78, 5) is 10.8. The molecule has 0 amide bonds. The van der Waals surface area contributed by atoms with E-state index in [0.29, 0.717) is 5.56 Å². The largest absolute Gasteiger partial charge is 0.469 e. The van der Waals surface area contributed by atoms with Gasteiger partial charge in [0.1, 0.15) is 4.90 Å². The van der Waals surface area contributed by atoms with Crippen LogP contribution in [0.15, 0.2) is 23.1 Å². The van der Waals surface area contributed by atoms with Gasteiger partial charge in [0.2, 0.25) is 10.0 Å². The van der Waals surface area contributed by atoms with Crippen LogP contribution in [-0.2, 0) is 26.0 Å². The summed E-state index contributed by atoms with van der Waals surface area (Å²) in [7, 11) is -2.56. The number of nitrogen functional groups attached to an aromatic ring is 1. The molecule has 0 fully saturated rings. The molecule has 0 unspecified atom stereocenters. The van der Waals surface area contributed by atoms with Crippen molar-refractivity contribution in [3.8, 4) is 0 Å². The van der Waals surface area contributed by atoms with Gasteiger partial charge in [-0.15, -0.1) is 0 Å². The first-order valence-corrected chi connectivity index (χ1v) is 5.87. The van der Waals surface area contributed by atoms with Crippen LogP contribution in [0.4, 0.5) is 5.69 Å². The predicted octanol–water partition coefficient (Wildman–Crippen LogP) is -0.368. The molecule has 0 aliphatic rings. The summed E-state index contributed by atoms with van der Waals surface area (Å²) in [6.07, 6.45) is 0.0333. The second kappa shape index (κ2) is 4.50. The molecule has 1 rings (SSSR count). The van der Waals surface area contributed by atoms with Crippen LogP contribution in [0, 0.1) is 0 Å². The Kier molecular flexibility index (Phi) is 3.51. The average Bonchev–Trinajstić information content (AvgIpc) is 2.15. The number of benzene rings is 1. The van der Waals surface area contributed by atoms with Gasteiger partial charge < -0.3 is 10.5 Å². The first kappa shape index (κ1) is 12.5. The van der Waals surface area contributed by atoms with Crippen molar-refractivity contribution >= 4 is 21.7 Å². The van der Waals surface area contributed by atoms with Crippen molar-refractivity contribution in [2.24, 2.45) is 5.14 Å². The molecule has 0 saturated carbocycles. The van der Waals surface area contributed by atoms with Crippen LogP contribution in [0.3, 0.4) is 0 Å². The Morgan fingerprint density at radius 2 is 2.06 bits per heavy atom. The fraction of sp³-hybridized carbons (Fsp3) is 0.222. The van der Waals surface area contributed by atoms with E-state index in [1.165, 1.54) is 25.3 Å². The zero-order valence-electron chi connectivity index (χ0n) is 8.64. The van der Waals surface area contributed by atoms with Crippen LogP contribution >= 0.6 is 0 Å². The number of nitrogens with two attached hydrogens (primary N) is 2. The second-order valence-corrected chi connectivity index (χ2v) is 4.70. The lowest BCUT2D eigenvalue weighted by Crippen LogP contribution is -2.14. The predicted molar refractivity (Wildman–Crippen MR) is 57.9 cm³/mol. The van der Waals surface area contributed by atoms with Crippen LogP contribution in [0.2, 0.25) is 0 Å². The maximum absolute atomic E-state index is 11.0. The highest BCUT2D eigenvalue weighted by Crippen LogP contribution is 2.18. The minimum absolute atomic E-state index is 0.0175. The molecule has 6 nitrogen and oxygen atoms in total. The molecule has 1 aromatic carbocycles. The van der Waals surface area contributed by atoms with E-state index in [9.17, 15) is 13.2 Å². The highest BCUT2D eigenvalue weighted by molar-refractivity contribution is 7.89. The molecule has 4 N–H and O–H groups in total. The van der Waals surface area contributed by atoms with Crippen molar-refractivity contribution in [2.75, 3.05) is 12.8 Å². The standard InChI is InChI=1S/C9H12N2O4S/c1-15-9(12)5-6-2-3-8(7(10)4-6)16(11,13)14/h2-4H,5,10H2,1H3,(H2,11,13,14). The molecular formula is C9H12N2O4S. The Morgan fingerprint density at radius 3 is 2.50 bits per heavy atom. The van der Waals surface area contributed by atoms with Gasteiger partial charge >= 0.3 is 5.97 Å². The lowest BCUT2D eigenvalue weighted by Gasteiger charge is -2.05. The third kappa shape index (κ3) is 2.94. The molecule has 0 bridgehead atoms. The SMILES string of the molecule is COC(=O)Cc1ccc(S(N)(=O)=O)c(N)c1. The number of carbonyl (C=O) groups is 1. The number of hydrogen-bond acceptors (Lipinski definition) is 5. The lowest BCUT2D eigenvalue weighted by molar-refractivity contribution is -0.139. The summed E-state index contributed by atoms with van der Waals surface area (Å²) in [5, 5.41) is 4.94. The highest BCUT2D eigenvalue weighted by Gasteiger charge is 2.13. The van der Waals surface area contributed by atoms with Crippen LogP contribution in [-0.4, -0.2) is 21.5 Å². The maximum atomic E-state index is 11.0. The molecule has 0 radical (unpaired) electrons. The van der Waals surface area contributed by atoms with Crippen molar-refractivity contribution in [1.82, 2.24) is 0 Å². The maximum Gasteiger partial charge on any atom is 0.309 e. The molecular weight excluding hydrogens is 232 g/mol. The molecule has 16 heavy (non-hydrogen) atoms. The summed E-state index contributed by atoms with van der Waals surface area (Å²) in [5.41, 5.74) is 6.10. The van der Waals surface area contributed by atoms with Gasteiger partial charge in [-0.1, -0.05) is 6.07 Å². The van der Waals surface area contributed by atoms with Crippen LogP contribution in [0.5, 0.6) is 0 Å². The molecule has 0 spiro atoms. The zero-order chi connectivity index (χ0) is 12.3. The summed E-state index contributed by atoms with van der Waals surface area (Å²) < 4.78 is 26.6. The van der Waals surface area contributed by atoms with Gasteiger partial charge in [0.05, 0.1) is 19.2 Å². The van der Waals surface area contributed by atoms with E-state index in [2.05, 4.69) is 4.74 Å². The third-order valence-corrected chi connectivity index (χ3v) is 2.94. The Morgan fingerprint density at radius 1 is 1.44 bits per heavy atom. The monoisotopic (exact) mass is 244 g/mol. The number of anilines is 1. The molecule has 0 aromatic heterocycles. The van der Waals surface area contributed by atoms with Gasteiger partial charge in [-0.25, -0.2) is 13.6 Å². The van der Waals surface area contributed by atoms with E-state index < -0.39 is 16.0 Å². The quantitative estimate of drug-likeness (QED) is 0.556. The van der Waals surface area contributed by atoms with E-state index in [0.717, 1.165) is 0 Å². The van der Waals surface area contributed by atoms with E-state index in [1.54, 1.807) is 0 Å². The number of methoxy groups -OCH3 is 1. The molecule has 0 saturated heterocycles. The molecule has 0 heterocycles. The van der Waals surface area contributed by atoms with Crippen molar-refractivity contribution in [1.29, 1.82) is 0 Å². The molecule has 0 aliphatic carbocycles. The summed E-state index contributed by atoms with van der Waals surface area (Å²) in [5.74, 6) is -0.428. The van der Waals surface area contributed by atoms with Gasteiger partial charge in [-0.05, 0) is 17.7 Å². The smallest absolute Gasteiger partial charge is 0.309 e. The Bertz CT molecular complexity index is 510. The molecule has 7 heteroatoms. The molecule has 1 aromatic rings. The van der Waals surface area contributed by atoms with E-state index in [-0.39, 0.29) is 17.0 Å². The van der Waals surface area contributed by atoms with Gasteiger partial charge in [-0.3, -0.25) is 4.79 Å². The van der Waals surface area contributed by atoms with Crippen LogP contribution in [0.1, 0.15) is 5.56 Å². The van der Waals surface area contributed by atoms with Crippen molar-refractivity contribution in [2.45, 2.75) is 11.3 Å². The number of sulfonamides is 1. The Hall–Kier alpha value is -1.60. The minimum Gasteiger partial charge on any atom is -0.469 e.